The molecule has 1 fully saturated rings. The number of methoxy groups -OCH3 is 1. The van der Waals surface area contributed by atoms with E-state index in [9.17, 15) is 14.7 Å². The van der Waals surface area contributed by atoms with E-state index in [2.05, 4.69) is 0 Å². The molecule has 0 aromatic heterocycles. The summed E-state index contributed by atoms with van der Waals surface area (Å²) in [4.78, 5) is 27.5. The Morgan fingerprint density at radius 1 is 0.972 bits per heavy atom. The van der Waals surface area contributed by atoms with Crippen LogP contribution in [0.3, 0.4) is 0 Å². The molecule has 1 unspecified atom stereocenters. The fourth-order valence-electron chi connectivity index (χ4n) is 4.21. The first kappa shape index (κ1) is 25.6. The zero-order valence-electron chi connectivity index (χ0n) is 19.8. The maximum absolute atomic E-state index is 13.1. The van der Waals surface area contributed by atoms with Crippen molar-refractivity contribution in [3.8, 4) is 11.5 Å². The molecule has 0 saturated carbocycles. The number of hydrogen-bond donors (Lipinski definition) is 1. The van der Waals surface area contributed by atoms with Gasteiger partial charge in [-0.3, -0.25) is 9.59 Å². The molecule has 3 aromatic carbocycles. The Bertz CT molecular complexity index is 1320. The summed E-state index contributed by atoms with van der Waals surface area (Å²) in [5, 5.41) is 11.7. The van der Waals surface area contributed by atoms with E-state index >= 15 is 0 Å². The Hall–Kier alpha value is -3.48. The lowest BCUT2D eigenvalue weighted by Gasteiger charge is -2.25. The van der Waals surface area contributed by atoms with E-state index in [4.69, 9.17) is 32.7 Å². The molecule has 1 saturated heterocycles. The van der Waals surface area contributed by atoms with Crippen LogP contribution in [-0.2, 0) is 16.2 Å². The lowest BCUT2D eigenvalue weighted by molar-refractivity contribution is -0.139. The summed E-state index contributed by atoms with van der Waals surface area (Å²) < 4.78 is 11.5. The maximum atomic E-state index is 13.1. The average Bonchev–Trinajstić information content (AvgIpc) is 3.14. The van der Waals surface area contributed by atoms with Crippen molar-refractivity contribution in [1.29, 1.82) is 0 Å². The van der Waals surface area contributed by atoms with Gasteiger partial charge in [0, 0.05) is 12.1 Å². The van der Waals surface area contributed by atoms with Gasteiger partial charge < -0.3 is 19.5 Å². The molecule has 3 aromatic rings. The highest BCUT2D eigenvalue weighted by molar-refractivity contribution is 6.46. The number of ether oxygens (including phenoxy) is 2. The fraction of sp³-hybridized carbons (Fsp3) is 0.214. The first-order valence-corrected chi connectivity index (χ1v) is 12.2. The Morgan fingerprint density at radius 3 is 2.39 bits per heavy atom. The number of benzene rings is 3. The zero-order valence-corrected chi connectivity index (χ0v) is 21.3. The van der Waals surface area contributed by atoms with Crippen molar-refractivity contribution >= 4 is 40.7 Å². The minimum absolute atomic E-state index is 0.0214. The number of aliphatic hydroxyl groups is 1. The van der Waals surface area contributed by atoms with Gasteiger partial charge >= 0.3 is 0 Å². The van der Waals surface area contributed by atoms with E-state index in [1.807, 2.05) is 37.3 Å². The third kappa shape index (κ3) is 5.06. The number of halogens is 2. The smallest absolute Gasteiger partial charge is 0.295 e. The van der Waals surface area contributed by atoms with Crippen molar-refractivity contribution in [3.05, 3.63) is 99.0 Å². The number of rotatable bonds is 8. The molecule has 6 nitrogen and oxygen atoms in total. The largest absolute Gasteiger partial charge is 0.507 e. The van der Waals surface area contributed by atoms with Crippen LogP contribution < -0.4 is 9.47 Å². The summed E-state index contributed by atoms with van der Waals surface area (Å²) in [6.45, 7) is 2.60. The van der Waals surface area contributed by atoms with Crippen LogP contribution in [0.1, 0.15) is 36.1 Å². The number of amides is 1. The second kappa shape index (κ2) is 11.1. The number of aliphatic hydroxyl groups excluding tert-OH is 1. The third-order valence-corrected chi connectivity index (χ3v) is 6.68. The van der Waals surface area contributed by atoms with Crippen molar-refractivity contribution in [3.63, 3.8) is 0 Å². The highest BCUT2D eigenvalue weighted by atomic mass is 35.5. The van der Waals surface area contributed by atoms with Crippen LogP contribution >= 0.6 is 23.2 Å². The minimum atomic E-state index is -0.809. The fourth-order valence-corrected chi connectivity index (χ4v) is 4.50. The van der Waals surface area contributed by atoms with Crippen LogP contribution in [0.2, 0.25) is 10.0 Å². The average molecular weight is 526 g/mol. The number of carbonyl (C=O) groups is 2. The summed E-state index contributed by atoms with van der Waals surface area (Å²) in [5.41, 5.74) is 1.88. The van der Waals surface area contributed by atoms with Crippen LogP contribution in [0.5, 0.6) is 11.5 Å². The summed E-state index contributed by atoms with van der Waals surface area (Å²) >= 11 is 12.1. The molecular weight excluding hydrogens is 501 g/mol. The molecule has 8 heteroatoms. The minimum Gasteiger partial charge on any atom is -0.507 e. The van der Waals surface area contributed by atoms with Gasteiger partial charge in [0.05, 0.1) is 28.8 Å². The van der Waals surface area contributed by atoms with E-state index < -0.39 is 17.7 Å². The predicted molar refractivity (Wildman–Crippen MR) is 140 cm³/mol. The Labute approximate surface area is 219 Å². The Balaban J connectivity index is 1.76. The van der Waals surface area contributed by atoms with E-state index in [-0.39, 0.29) is 16.4 Å². The summed E-state index contributed by atoms with van der Waals surface area (Å²) in [6, 6.07) is 18.7. The predicted octanol–water partition coefficient (Wildman–Crippen LogP) is 6.41. The molecule has 4 rings (SSSR count). The molecule has 1 N–H and O–H groups in total. The molecule has 0 radical (unpaired) electrons. The van der Waals surface area contributed by atoms with Gasteiger partial charge in [-0.15, -0.1) is 0 Å². The Kier molecular flexibility index (Phi) is 7.87. The monoisotopic (exact) mass is 525 g/mol. The first-order chi connectivity index (χ1) is 17.3. The Morgan fingerprint density at radius 2 is 1.72 bits per heavy atom. The zero-order chi connectivity index (χ0) is 25.8. The molecule has 36 heavy (non-hydrogen) atoms. The van der Waals surface area contributed by atoms with Crippen molar-refractivity contribution in [2.45, 2.75) is 26.0 Å². The van der Waals surface area contributed by atoms with Gasteiger partial charge in [0.1, 0.15) is 12.4 Å². The van der Waals surface area contributed by atoms with E-state index in [1.54, 1.807) is 24.3 Å². The van der Waals surface area contributed by atoms with Crippen molar-refractivity contribution < 1.29 is 24.2 Å². The molecule has 1 atom stereocenters. The number of ketones is 1. The number of likely N-dealkylation sites (tertiary alicyclic amines) is 1. The van der Waals surface area contributed by atoms with Crippen molar-refractivity contribution in [2.24, 2.45) is 0 Å². The summed E-state index contributed by atoms with van der Waals surface area (Å²) in [5.74, 6) is -0.798. The molecule has 1 amide bonds. The van der Waals surface area contributed by atoms with Gasteiger partial charge in [-0.2, -0.15) is 0 Å². The van der Waals surface area contributed by atoms with Crippen LogP contribution in [0.4, 0.5) is 0 Å². The number of hydrogen-bond acceptors (Lipinski definition) is 5. The van der Waals surface area contributed by atoms with Crippen LogP contribution in [0.15, 0.2) is 72.3 Å². The molecule has 1 aliphatic heterocycles. The van der Waals surface area contributed by atoms with Crippen LogP contribution in [-0.4, -0.2) is 35.4 Å². The molecule has 186 valence electrons. The molecule has 0 aliphatic carbocycles. The maximum Gasteiger partial charge on any atom is 0.295 e. The second-order valence-corrected chi connectivity index (χ2v) is 9.12. The standard InChI is InChI=1S/C28H25Cl2NO5/c1-3-13-31-25(24(27(33)28(31)34)26(32)19-9-11-20(29)21(30)14-19)18-10-12-22(23(15-18)35-2)36-16-17-7-5-4-6-8-17/h4-12,14-15,25,32H,3,13,16H2,1-2H3/b26-24-. The first-order valence-electron chi connectivity index (χ1n) is 11.4. The van der Waals surface area contributed by atoms with Crippen LogP contribution in [0, 0.1) is 0 Å². The van der Waals surface area contributed by atoms with Gasteiger partial charge in [0.25, 0.3) is 11.7 Å². The number of Topliss-reactive ketones (excluding diaryl/α,β-unsaturated/α-hetero) is 1. The molecule has 0 spiro atoms. The van der Waals surface area contributed by atoms with E-state index in [0.717, 1.165) is 5.56 Å². The lowest BCUT2D eigenvalue weighted by Crippen LogP contribution is -2.30. The van der Waals surface area contributed by atoms with Gasteiger partial charge in [-0.25, -0.2) is 0 Å². The topological polar surface area (TPSA) is 76.1 Å². The second-order valence-electron chi connectivity index (χ2n) is 8.31. The molecule has 1 heterocycles. The van der Waals surface area contributed by atoms with Gasteiger partial charge in [0.2, 0.25) is 0 Å². The van der Waals surface area contributed by atoms with Crippen molar-refractivity contribution in [2.75, 3.05) is 13.7 Å². The number of nitrogens with zero attached hydrogens (tertiary/aromatic N) is 1. The molecule has 1 aliphatic rings. The lowest BCUT2D eigenvalue weighted by atomic mass is 9.95. The number of carbonyl (C=O) groups excluding carboxylic acids is 2. The normalized spacial score (nSPS) is 16.9. The van der Waals surface area contributed by atoms with E-state index in [0.29, 0.717) is 47.2 Å². The van der Waals surface area contributed by atoms with Gasteiger partial charge in [-0.1, -0.05) is 66.5 Å². The highest BCUT2D eigenvalue weighted by Crippen LogP contribution is 2.42. The summed E-state index contributed by atoms with van der Waals surface area (Å²) in [7, 11) is 1.52. The highest BCUT2D eigenvalue weighted by Gasteiger charge is 2.46. The summed E-state index contributed by atoms with van der Waals surface area (Å²) in [6.07, 6.45) is 0.631. The van der Waals surface area contributed by atoms with E-state index in [1.165, 1.54) is 24.1 Å². The third-order valence-electron chi connectivity index (χ3n) is 5.94. The van der Waals surface area contributed by atoms with Gasteiger partial charge in [0.15, 0.2) is 11.5 Å². The quantitative estimate of drug-likeness (QED) is 0.209. The van der Waals surface area contributed by atoms with Gasteiger partial charge in [-0.05, 0) is 47.9 Å². The van der Waals surface area contributed by atoms with Crippen molar-refractivity contribution in [1.82, 2.24) is 4.90 Å². The molecular formula is C28H25Cl2NO5. The molecule has 0 bridgehead atoms. The SMILES string of the molecule is CCCN1C(=O)C(=O)/C(=C(\O)c2ccc(Cl)c(Cl)c2)C1c1ccc(OCc2ccccc2)c(OC)c1. The van der Waals surface area contributed by atoms with Crippen LogP contribution in [0.25, 0.3) is 5.76 Å².